The van der Waals surface area contributed by atoms with Crippen LogP contribution in [0.5, 0.6) is 0 Å². The van der Waals surface area contributed by atoms with Crippen molar-refractivity contribution >= 4 is 32.0 Å². The summed E-state index contributed by atoms with van der Waals surface area (Å²) in [5.74, 6) is 0.323. The molecule has 1 aromatic heterocycles. The minimum absolute atomic E-state index is 0.0167. The third kappa shape index (κ3) is 6.13. The highest BCUT2D eigenvalue weighted by Gasteiger charge is 2.36. The average Bonchev–Trinajstić information content (AvgIpc) is 3.44. The third-order valence-electron chi connectivity index (χ3n) is 7.35. The molecule has 39 heavy (non-hydrogen) atoms. The molecule has 216 valence electrons. The summed E-state index contributed by atoms with van der Waals surface area (Å²) in [7, 11) is -7.57. The molecule has 2 saturated heterocycles. The van der Waals surface area contributed by atoms with Gasteiger partial charge in [-0.05, 0) is 37.1 Å². The molecule has 2 fully saturated rings. The van der Waals surface area contributed by atoms with Crippen LogP contribution in [0, 0.1) is 5.92 Å². The van der Waals surface area contributed by atoms with E-state index in [9.17, 15) is 21.6 Å². The summed E-state index contributed by atoms with van der Waals surface area (Å²) in [6.07, 6.45) is 1.19. The van der Waals surface area contributed by atoms with Crippen molar-refractivity contribution in [3.63, 3.8) is 0 Å². The molecule has 0 saturated carbocycles. The van der Waals surface area contributed by atoms with Crippen molar-refractivity contribution in [2.75, 3.05) is 57.3 Å². The highest BCUT2D eigenvalue weighted by molar-refractivity contribution is 7.89. The molecule has 4 rings (SSSR count). The minimum atomic E-state index is -3.88. The Balaban J connectivity index is 1.39. The molecule has 12 nitrogen and oxygen atoms in total. The van der Waals surface area contributed by atoms with Crippen LogP contribution in [0.15, 0.2) is 38.6 Å². The number of sulfonamides is 2. The number of rotatable bonds is 9. The number of amides is 1. The van der Waals surface area contributed by atoms with Gasteiger partial charge >= 0.3 is 6.01 Å². The fourth-order valence-corrected chi connectivity index (χ4v) is 7.96. The molecule has 1 aromatic carbocycles. The second-order valence-corrected chi connectivity index (χ2v) is 14.0. The molecule has 3 heterocycles. The van der Waals surface area contributed by atoms with Crippen LogP contribution in [0.4, 0.5) is 6.01 Å². The van der Waals surface area contributed by atoms with E-state index in [1.807, 2.05) is 18.7 Å². The number of aromatic nitrogens is 2. The maximum Gasteiger partial charge on any atom is 0.324 e. The van der Waals surface area contributed by atoms with Crippen LogP contribution in [0.25, 0.3) is 0 Å². The summed E-state index contributed by atoms with van der Waals surface area (Å²) in [6, 6.07) is 5.79. The van der Waals surface area contributed by atoms with Gasteiger partial charge in [-0.3, -0.25) is 4.79 Å². The minimum Gasteiger partial charge on any atom is -0.339 e. The lowest BCUT2D eigenvalue weighted by atomic mass is 9.98. The van der Waals surface area contributed by atoms with E-state index in [0.29, 0.717) is 70.5 Å². The van der Waals surface area contributed by atoms with E-state index >= 15 is 0 Å². The first-order valence-corrected chi connectivity index (χ1v) is 16.3. The molecular weight excluding hydrogens is 544 g/mol. The lowest BCUT2D eigenvalue weighted by molar-refractivity contribution is -0.137. The average molecular weight is 583 g/mol. The van der Waals surface area contributed by atoms with Crippen LogP contribution in [0.2, 0.25) is 0 Å². The Labute approximate surface area is 231 Å². The fraction of sp³-hybridized carbons (Fsp3) is 0.640. The van der Waals surface area contributed by atoms with Crippen molar-refractivity contribution in [2.45, 2.75) is 56.2 Å². The monoisotopic (exact) mass is 582 g/mol. The fourth-order valence-electron chi connectivity index (χ4n) is 4.97. The first-order valence-electron chi connectivity index (χ1n) is 13.5. The maximum absolute atomic E-state index is 13.4. The number of piperazine rings is 1. The molecular formula is C25H38N6O6S2. The molecule has 0 aliphatic carbocycles. The standard InChI is InChI=1S/C25H38N6O6S2/c1-5-30(6-2)38(33,34)21-9-11-22(12-10-21)39(35,36)31-13-7-8-20(18-31)24(32)28-14-16-29(17-15-28)25-26-23(19(3)4)27-37-25/h9-12,19-20H,5-8,13-18H2,1-4H3/t20-/m1/s1. The van der Waals surface area contributed by atoms with E-state index in [4.69, 9.17) is 4.52 Å². The molecule has 14 heteroatoms. The summed E-state index contributed by atoms with van der Waals surface area (Å²) in [5.41, 5.74) is 0. The second-order valence-electron chi connectivity index (χ2n) is 10.2. The Bertz CT molecular complexity index is 1350. The molecule has 0 spiro atoms. The van der Waals surface area contributed by atoms with Crippen molar-refractivity contribution in [1.82, 2.24) is 23.7 Å². The van der Waals surface area contributed by atoms with Gasteiger partial charge in [0.15, 0.2) is 5.82 Å². The summed E-state index contributed by atoms with van der Waals surface area (Å²) < 4.78 is 60.4. The maximum atomic E-state index is 13.4. The molecule has 0 bridgehead atoms. The first-order chi connectivity index (χ1) is 18.5. The Morgan fingerprint density at radius 1 is 1.00 bits per heavy atom. The van der Waals surface area contributed by atoms with Crippen molar-refractivity contribution in [2.24, 2.45) is 5.92 Å². The van der Waals surface area contributed by atoms with Crippen LogP contribution in [0.1, 0.15) is 52.3 Å². The van der Waals surface area contributed by atoms with Crippen molar-refractivity contribution in [1.29, 1.82) is 0 Å². The van der Waals surface area contributed by atoms with E-state index in [1.165, 1.54) is 32.9 Å². The summed E-state index contributed by atoms with van der Waals surface area (Å²) >= 11 is 0. The van der Waals surface area contributed by atoms with Gasteiger partial charge < -0.3 is 14.3 Å². The van der Waals surface area contributed by atoms with Gasteiger partial charge in [0.05, 0.1) is 15.7 Å². The molecule has 0 unspecified atom stereocenters. The Morgan fingerprint density at radius 2 is 1.62 bits per heavy atom. The smallest absolute Gasteiger partial charge is 0.324 e. The van der Waals surface area contributed by atoms with Crippen LogP contribution in [-0.4, -0.2) is 98.8 Å². The van der Waals surface area contributed by atoms with Gasteiger partial charge in [-0.15, -0.1) is 0 Å². The molecule has 0 N–H and O–H groups in total. The normalized spacial score (nSPS) is 19.7. The summed E-state index contributed by atoms with van der Waals surface area (Å²) in [4.78, 5) is 21.6. The Kier molecular flexibility index (Phi) is 8.98. The SMILES string of the molecule is CCN(CC)S(=O)(=O)c1ccc(S(=O)(=O)N2CCC[C@@H](C(=O)N3CCN(c4nc(C(C)C)no4)CC3)C2)cc1. The first kappa shape index (κ1) is 29.4. The lowest BCUT2D eigenvalue weighted by Crippen LogP contribution is -2.53. The van der Waals surface area contributed by atoms with Gasteiger partial charge in [0.1, 0.15) is 0 Å². The largest absolute Gasteiger partial charge is 0.339 e. The number of carbonyl (C=O) groups is 1. The molecule has 0 radical (unpaired) electrons. The van der Waals surface area contributed by atoms with Gasteiger partial charge in [0.25, 0.3) is 0 Å². The van der Waals surface area contributed by atoms with E-state index in [-0.39, 0.29) is 28.2 Å². The zero-order chi connectivity index (χ0) is 28.4. The van der Waals surface area contributed by atoms with Gasteiger partial charge in [-0.2, -0.15) is 13.6 Å². The molecule has 1 amide bonds. The van der Waals surface area contributed by atoms with Gasteiger partial charge in [-0.1, -0.05) is 32.9 Å². The third-order valence-corrected chi connectivity index (χ3v) is 11.3. The van der Waals surface area contributed by atoms with Gasteiger partial charge in [0, 0.05) is 58.3 Å². The topological polar surface area (TPSA) is 137 Å². The molecule has 1 atom stereocenters. The van der Waals surface area contributed by atoms with Crippen molar-refractivity contribution in [3.8, 4) is 0 Å². The van der Waals surface area contributed by atoms with Gasteiger partial charge in [0.2, 0.25) is 26.0 Å². The predicted molar refractivity (Wildman–Crippen MR) is 145 cm³/mol. The van der Waals surface area contributed by atoms with Crippen LogP contribution >= 0.6 is 0 Å². The molecule has 2 aliphatic heterocycles. The highest BCUT2D eigenvalue weighted by atomic mass is 32.2. The Morgan fingerprint density at radius 3 is 2.18 bits per heavy atom. The van der Waals surface area contributed by atoms with Crippen LogP contribution in [0.3, 0.4) is 0 Å². The highest BCUT2D eigenvalue weighted by Crippen LogP contribution is 2.27. The van der Waals surface area contributed by atoms with E-state index in [1.54, 1.807) is 18.7 Å². The molecule has 2 aromatic rings. The van der Waals surface area contributed by atoms with E-state index in [0.717, 1.165) is 0 Å². The number of piperidine rings is 1. The number of carbonyl (C=O) groups excluding carboxylic acids is 1. The van der Waals surface area contributed by atoms with Crippen LogP contribution in [-0.2, 0) is 24.8 Å². The quantitative estimate of drug-likeness (QED) is 0.434. The number of benzene rings is 1. The van der Waals surface area contributed by atoms with Gasteiger partial charge in [-0.25, -0.2) is 16.8 Å². The summed E-state index contributed by atoms with van der Waals surface area (Å²) in [5, 5.41) is 4.00. The van der Waals surface area contributed by atoms with E-state index in [2.05, 4.69) is 10.1 Å². The lowest BCUT2D eigenvalue weighted by Gasteiger charge is -2.38. The number of hydrogen-bond donors (Lipinski definition) is 0. The zero-order valence-electron chi connectivity index (χ0n) is 23.0. The number of hydrogen-bond acceptors (Lipinski definition) is 9. The Hall–Kier alpha value is -2.55. The predicted octanol–water partition coefficient (Wildman–Crippen LogP) is 1.97. The zero-order valence-corrected chi connectivity index (χ0v) is 24.6. The summed E-state index contributed by atoms with van der Waals surface area (Å²) in [6.45, 7) is 10.7. The number of nitrogens with zero attached hydrogens (tertiary/aromatic N) is 6. The second kappa shape index (κ2) is 11.9. The van der Waals surface area contributed by atoms with Crippen molar-refractivity contribution < 1.29 is 26.2 Å². The van der Waals surface area contributed by atoms with E-state index < -0.39 is 26.0 Å². The molecule has 2 aliphatic rings. The number of anilines is 1. The van der Waals surface area contributed by atoms with Crippen LogP contribution < -0.4 is 4.90 Å². The van der Waals surface area contributed by atoms with Crippen molar-refractivity contribution in [3.05, 3.63) is 30.1 Å².